The van der Waals surface area contributed by atoms with E-state index in [1.807, 2.05) is 31.2 Å². The zero-order valence-electron chi connectivity index (χ0n) is 13.8. The predicted octanol–water partition coefficient (Wildman–Crippen LogP) is 0.108. The Morgan fingerprint density at radius 2 is 2.04 bits per heavy atom. The fraction of sp³-hybridized carbons (Fsp3) is 0.412. The number of hydrogen-bond donors (Lipinski definition) is 1. The predicted molar refractivity (Wildman–Crippen MR) is 87.8 cm³/mol. The van der Waals surface area contributed by atoms with Crippen molar-refractivity contribution in [1.29, 1.82) is 0 Å². The lowest BCUT2D eigenvalue weighted by molar-refractivity contribution is -0.136. The number of carbonyl (C=O) groups excluding carboxylic acids is 3. The second-order valence-electron chi connectivity index (χ2n) is 6.53. The first kappa shape index (κ1) is 15.6. The molecule has 0 aromatic heterocycles. The summed E-state index contributed by atoms with van der Waals surface area (Å²) in [5, 5.41) is 6.60. The number of amides is 4. The SMILES string of the molecule is Cc1ccc(C2=NOC3CN(C(=O)CN4C(=O)CNC4=O)CC23)cc1. The monoisotopic (exact) mass is 342 g/mol. The minimum absolute atomic E-state index is 0.00904. The molecule has 1 aromatic rings. The number of likely N-dealkylation sites (tertiary alicyclic amines) is 1. The summed E-state index contributed by atoms with van der Waals surface area (Å²) in [7, 11) is 0. The maximum Gasteiger partial charge on any atom is 0.325 e. The van der Waals surface area contributed by atoms with E-state index in [9.17, 15) is 14.4 Å². The Bertz CT molecular complexity index is 757. The van der Waals surface area contributed by atoms with Crippen LogP contribution in [0, 0.1) is 12.8 Å². The first-order valence-electron chi connectivity index (χ1n) is 8.19. The Morgan fingerprint density at radius 1 is 1.28 bits per heavy atom. The topological polar surface area (TPSA) is 91.3 Å². The molecule has 3 heterocycles. The third-order valence-electron chi connectivity index (χ3n) is 4.83. The summed E-state index contributed by atoms with van der Waals surface area (Å²) in [5.41, 5.74) is 2.99. The van der Waals surface area contributed by atoms with Crippen molar-refractivity contribution in [2.24, 2.45) is 11.1 Å². The van der Waals surface area contributed by atoms with Gasteiger partial charge in [0.2, 0.25) is 5.91 Å². The smallest absolute Gasteiger partial charge is 0.325 e. The average Bonchev–Trinajstić information content (AvgIpc) is 3.26. The molecule has 0 spiro atoms. The Balaban J connectivity index is 1.43. The Morgan fingerprint density at radius 3 is 2.72 bits per heavy atom. The second kappa shape index (κ2) is 5.87. The second-order valence-corrected chi connectivity index (χ2v) is 6.53. The van der Waals surface area contributed by atoms with Gasteiger partial charge in [-0.15, -0.1) is 0 Å². The molecule has 130 valence electrons. The number of carbonyl (C=O) groups is 3. The third-order valence-corrected chi connectivity index (χ3v) is 4.83. The molecule has 3 aliphatic rings. The molecule has 8 nitrogen and oxygen atoms in total. The molecule has 0 radical (unpaired) electrons. The molecule has 2 atom stereocenters. The van der Waals surface area contributed by atoms with E-state index in [-0.39, 0.29) is 36.9 Å². The third kappa shape index (κ3) is 2.73. The molecule has 3 aliphatic heterocycles. The minimum atomic E-state index is -0.518. The van der Waals surface area contributed by atoms with Gasteiger partial charge >= 0.3 is 6.03 Å². The van der Waals surface area contributed by atoms with Crippen LogP contribution in [0.5, 0.6) is 0 Å². The number of benzene rings is 1. The number of nitrogens with one attached hydrogen (secondary N) is 1. The highest BCUT2D eigenvalue weighted by atomic mass is 16.6. The van der Waals surface area contributed by atoms with Crippen molar-refractivity contribution in [3.05, 3.63) is 35.4 Å². The van der Waals surface area contributed by atoms with Crippen molar-refractivity contribution >= 4 is 23.6 Å². The van der Waals surface area contributed by atoms with Gasteiger partial charge in [0.1, 0.15) is 6.54 Å². The van der Waals surface area contributed by atoms with E-state index in [2.05, 4.69) is 10.5 Å². The first-order valence-corrected chi connectivity index (χ1v) is 8.19. The van der Waals surface area contributed by atoms with Crippen molar-refractivity contribution in [2.75, 3.05) is 26.2 Å². The van der Waals surface area contributed by atoms with Crippen molar-refractivity contribution in [3.63, 3.8) is 0 Å². The van der Waals surface area contributed by atoms with E-state index in [4.69, 9.17) is 4.84 Å². The number of aryl methyl sites for hydroxylation is 1. The Kier molecular flexibility index (Phi) is 3.67. The molecule has 0 saturated carbocycles. The zero-order valence-corrected chi connectivity index (χ0v) is 13.8. The zero-order chi connectivity index (χ0) is 17.6. The van der Waals surface area contributed by atoms with Gasteiger partial charge in [0.15, 0.2) is 6.10 Å². The molecule has 2 unspecified atom stereocenters. The maximum absolute atomic E-state index is 12.5. The van der Waals surface area contributed by atoms with E-state index >= 15 is 0 Å². The average molecular weight is 342 g/mol. The number of imide groups is 1. The molecule has 4 rings (SSSR count). The summed E-state index contributed by atoms with van der Waals surface area (Å²) in [4.78, 5) is 43.8. The van der Waals surface area contributed by atoms with Crippen LogP contribution in [0.15, 0.2) is 29.4 Å². The fourth-order valence-electron chi connectivity index (χ4n) is 3.38. The highest BCUT2D eigenvalue weighted by Crippen LogP contribution is 2.30. The maximum atomic E-state index is 12.5. The Hall–Kier alpha value is -2.90. The van der Waals surface area contributed by atoms with Gasteiger partial charge < -0.3 is 15.1 Å². The van der Waals surface area contributed by atoms with Gasteiger partial charge in [-0.25, -0.2) is 4.79 Å². The van der Waals surface area contributed by atoms with E-state index < -0.39 is 6.03 Å². The molecule has 1 N–H and O–H groups in total. The summed E-state index contributed by atoms with van der Waals surface area (Å²) < 4.78 is 0. The number of urea groups is 1. The summed E-state index contributed by atoms with van der Waals surface area (Å²) in [6, 6.07) is 7.51. The van der Waals surface area contributed by atoms with Crippen molar-refractivity contribution < 1.29 is 19.2 Å². The van der Waals surface area contributed by atoms with Crippen LogP contribution in [-0.2, 0) is 14.4 Å². The number of oxime groups is 1. The normalized spacial score (nSPS) is 24.9. The van der Waals surface area contributed by atoms with Gasteiger partial charge in [0.05, 0.1) is 24.7 Å². The highest BCUT2D eigenvalue weighted by Gasteiger charge is 2.45. The molecular formula is C17H18N4O4. The van der Waals surface area contributed by atoms with Crippen LogP contribution in [0.4, 0.5) is 4.79 Å². The summed E-state index contributed by atoms with van der Waals surface area (Å²) >= 11 is 0. The highest BCUT2D eigenvalue weighted by molar-refractivity contribution is 6.05. The number of fused-ring (bicyclic) bond motifs is 1. The summed E-state index contributed by atoms with van der Waals surface area (Å²) in [6.45, 7) is 2.61. The molecule has 0 bridgehead atoms. The molecular weight excluding hydrogens is 324 g/mol. The van der Waals surface area contributed by atoms with Gasteiger partial charge in [-0.1, -0.05) is 35.0 Å². The molecule has 4 amide bonds. The molecule has 25 heavy (non-hydrogen) atoms. The number of hydrogen-bond acceptors (Lipinski definition) is 5. The van der Waals surface area contributed by atoms with Crippen LogP contribution in [0.25, 0.3) is 0 Å². The van der Waals surface area contributed by atoms with Gasteiger partial charge in [-0.3, -0.25) is 14.5 Å². The van der Waals surface area contributed by atoms with Crippen LogP contribution >= 0.6 is 0 Å². The lowest BCUT2D eigenvalue weighted by Gasteiger charge is -2.19. The van der Waals surface area contributed by atoms with Gasteiger partial charge in [-0.05, 0) is 12.5 Å². The van der Waals surface area contributed by atoms with Gasteiger partial charge in [0.25, 0.3) is 5.91 Å². The van der Waals surface area contributed by atoms with Crippen LogP contribution < -0.4 is 5.32 Å². The lowest BCUT2D eigenvalue weighted by Crippen LogP contribution is -2.42. The Labute approximate surface area is 144 Å². The van der Waals surface area contributed by atoms with Gasteiger partial charge in [-0.2, -0.15) is 0 Å². The quantitative estimate of drug-likeness (QED) is 0.789. The number of rotatable bonds is 3. The number of nitrogens with zero attached hydrogens (tertiary/aromatic N) is 3. The molecule has 2 saturated heterocycles. The standard InChI is InChI=1S/C17H18N4O4/c1-10-2-4-11(5-3-10)16-12-7-20(8-13(12)25-19-16)15(23)9-21-14(22)6-18-17(21)24/h2-5,12-13H,6-9H2,1H3,(H,18,24). The largest absolute Gasteiger partial charge is 0.390 e. The molecule has 1 aromatic carbocycles. The molecule has 2 fully saturated rings. The molecule has 8 heteroatoms. The van der Waals surface area contributed by atoms with E-state index in [0.717, 1.165) is 21.7 Å². The summed E-state index contributed by atoms with van der Waals surface area (Å²) in [5.74, 6) is -0.627. The van der Waals surface area contributed by atoms with Crippen molar-refractivity contribution in [1.82, 2.24) is 15.1 Å². The van der Waals surface area contributed by atoms with Crippen LogP contribution in [-0.4, -0.2) is 65.6 Å². The molecule has 0 aliphatic carbocycles. The van der Waals surface area contributed by atoms with Crippen molar-refractivity contribution in [3.8, 4) is 0 Å². The minimum Gasteiger partial charge on any atom is -0.390 e. The first-order chi connectivity index (χ1) is 12.0. The van der Waals surface area contributed by atoms with Crippen LogP contribution in [0.2, 0.25) is 0 Å². The van der Waals surface area contributed by atoms with Crippen molar-refractivity contribution in [2.45, 2.75) is 13.0 Å². The van der Waals surface area contributed by atoms with E-state index in [1.165, 1.54) is 0 Å². The van der Waals surface area contributed by atoms with Crippen LogP contribution in [0.1, 0.15) is 11.1 Å². The van der Waals surface area contributed by atoms with E-state index in [1.54, 1.807) is 4.90 Å². The van der Waals surface area contributed by atoms with E-state index in [0.29, 0.717) is 13.1 Å². The van der Waals surface area contributed by atoms with Gasteiger partial charge in [0, 0.05) is 6.54 Å². The van der Waals surface area contributed by atoms with Crippen LogP contribution in [0.3, 0.4) is 0 Å². The fourth-order valence-corrected chi connectivity index (χ4v) is 3.38. The summed E-state index contributed by atoms with van der Waals surface area (Å²) in [6.07, 6.45) is -0.177. The lowest BCUT2D eigenvalue weighted by atomic mass is 9.94.